The topological polar surface area (TPSA) is 84.0 Å². The second kappa shape index (κ2) is 11.9. The number of anilines is 2. The van der Waals surface area contributed by atoms with Crippen molar-refractivity contribution in [2.75, 3.05) is 16.4 Å². The fraction of sp³-hybridized carbons (Fsp3) is 0.238. The van der Waals surface area contributed by atoms with Crippen LogP contribution in [0.4, 0.5) is 10.8 Å². The Labute approximate surface area is 209 Å². The van der Waals surface area contributed by atoms with Gasteiger partial charge in [0.25, 0.3) is 5.91 Å². The van der Waals surface area contributed by atoms with Crippen molar-refractivity contribution in [3.05, 3.63) is 58.1 Å². The lowest BCUT2D eigenvalue weighted by Crippen LogP contribution is -2.24. The van der Waals surface area contributed by atoms with Crippen molar-refractivity contribution in [3.8, 4) is 0 Å². The smallest absolute Gasteiger partial charge is 0.257 e. The van der Waals surface area contributed by atoms with Crippen LogP contribution in [-0.2, 0) is 4.79 Å². The van der Waals surface area contributed by atoms with Crippen LogP contribution in [0.25, 0.3) is 0 Å². The molecule has 1 heterocycles. The zero-order chi connectivity index (χ0) is 23.1. The van der Waals surface area contributed by atoms with Gasteiger partial charge >= 0.3 is 0 Å². The Morgan fingerprint density at radius 3 is 2.66 bits per heavy atom. The number of amides is 2. The zero-order valence-corrected chi connectivity index (χ0v) is 21.2. The van der Waals surface area contributed by atoms with Crippen LogP contribution in [0.1, 0.15) is 30.6 Å². The lowest BCUT2D eigenvalue weighted by atomic mass is 10.2. The van der Waals surface area contributed by atoms with E-state index in [0.717, 1.165) is 10.6 Å². The third kappa shape index (κ3) is 6.86. The second-order valence-corrected chi connectivity index (χ2v) is 10.5. The van der Waals surface area contributed by atoms with Crippen molar-refractivity contribution in [2.45, 2.75) is 35.6 Å². The number of carbonyl (C=O) groups is 2. The van der Waals surface area contributed by atoms with Crippen molar-refractivity contribution in [1.82, 2.24) is 9.36 Å². The molecule has 0 saturated heterocycles. The van der Waals surface area contributed by atoms with E-state index in [4.69, 9.17) is 23.2 Å². The first-order valence-electron chi connectivity index (χ1n) is 9.70. The van der Waals surface area contributed by atoms with Crippen LogP contribution in [0.15, 0.2) is 52.5 Å². The number of benzene rings is 2. The summed E-state index contributed by atoms with van der Waals surface area (Å²) in [6, 6.07) is 12.0. The highest BCUT2D eigenvalue weighted by Gasteiger charge is 2.20. The van der Waals surface area contributed by atoms with Gasteiger partial charge in [-0.1, -0.05) is 54.9 Å². The average Bonchev–Trinajstić information content (AvgIpc) is 3.19. The molecule has 0 spiro atoms. The largest absolute Gasteiger partial charge is 0.322 e. The molecule has 1 atom stereocenters. The molecule has 0 aliphatic carbocycles. The second-order valence-electron chi connectivity index (χ2n) is 6.43. The van der Waals surface area contributed by atoms with Gasteiger partial charge in [0, 0.05) is 27.1 Å². The van der Waals surface area contributed by atoms with Crippen LogP contribution in [0.3, 0.4) is 0 Å². The van der Waals surface area contributed by atoms with Crippen LogP contribution >= 0.6 is 58.3 Å². The number of nitrogens with zero attached hydrogens (tertiary/aromatic N) is 2. The lowest BCUT2D eigenvalue weighted by molar-refractivity contribution is -0.115. The highest BCUT2D eigenvalue weighted by Crippen LogP contribution is 2.30. The van der Waals surface area contributed by atoms with Crippen LogP contribution in [0.2, 0.25) is 10.0 Å². The Hall–Kier alpha value is -1.78. The predicted octanol–water partition coefficient (Wildman–Crippen LogP) is 6.72. The van der Waals surface area contributed by atoms with Crippen LogP contribution < -0.4 is 10.6 Å². The first kappa shape index (κ1) is 24.9. The highest BCUT2D eigenvalue weighted by atomic mass is 35.5. The van der Waals surface area contributed by atoms with Gasteiger partial charge < -0.3 is 5.32 Å². The average molecular weight is 528 g/mol. The summed E-state index contributed by atoms with van der Waals surface area (Å²) < 4.78 is 4.22. The van der Waals surface area contributed by atoms with Crippen LogP contribution in [0, 0.1) is 0 Å². The SMILES string of the molecule is CCSc1nsc(NC(=O)C(CC)Sc2cccc(NC(=O)c3ccc(Cl)cc3Cl)c2)n1. The summed E-state index contributed by atoms with van der Waals surface area (Å²) in [5.74, 6) is 0.397. The van der Waals surface area contributed by atoms with E-state index < -0.39 is 0 Å². The molecule has 2 aromatic carbocycles. The lowest BCUT2D eigenvalue weighted by Gasteiger charge is -2.14. The van der Waals surface area contributed by atoms with Gasteiger partial charge in [-0.15, -0.1) is 11.8 Å². The summed E-state index contributed by atoms with van der Waals surface area (Å²) in [6.07, 6.45) is 0.628. The van der Waals surface area contributed by atoms with E-state index in [9.17, 15) is 9.59 Å². The number of aromatic nitrogens is 2. The molecule has 2 N–H and O–H groups in total. The molecule has 11 heteroatoms. The van der Waals surface area contributed by atoms with Gasteiger partial charge in [0.05, 0.1) is 15.8 Å². The molecule has 2 amide bonds. The Balaban J connectivity index is 1.65. The molecule has 32 heavy (non-hydrogen) atoms. The van der Waals surface area contributed by atoms with E-state index in [-0.39, 0.29) is 22.1 Å². The maximum Gasteiger partial charge on any atom is 0.257 e. The van der Waals surface area contributed by atoms with Gasteiger partial charge in [-0.2, -0.15) is 9.36 Å². The summed E-state index contributed by atoms with van der Waals surface area (Å²) in [5, 5.41) is 7.26. The monoisotopic (exact) mass is 526 g/mol. The number of rotatable bonds is 9. The normalized spacial score (nSPS) is 11.8. The molecular formula is C21H20Cl2N4O2S3. The summed E-state index contributed by atoms with van der Waals surface area (Å²) in [5.41, 5.74) is 0.934. The Bertz CT molecular complexity index is 1110. The molecule has 3 rings (SSSR count). The molecule has 0 fully saturated rings. The number of thioether (sulfide) groups is 2. The minimum atomic E-state index is -0.337. The van der Waals surface area contributed by atoms with Crippen molar-refractivity contribution >= 4 is 80.9 Å². The summed E-state index contributed by atoms with van der Waals surface area (Å²) in [7, 11) is 0. The molecule has 0 radical (unpaired) electrons. The van der Waals surface area contributed by atoms with Gasteiger partial charge in [0.1, 0.15) is 0 Å². The molecule has 0 bridgehead atoms. The number of hydrogen-bond acceptors (Lipinski definition) is 7. The van der Waals surface area contributed by atoms with Gasteiger partial charge in [-0.3, -0.25) is 14.9 Å². The summed E-state index contributed by atoms with van der Waals surface area (Å²) >= 11 is 16.1. The van der Waals surface area contributed by atoms with E-state index in [1.54, 1.807) is 18.2 Å². The highest BCUT2D eigenvalue weighted by molar-refractivity contribution is 8.00. The maximum absolute atomic E-state index is 12.7. The molecule has 1 aromatic heterocycles. The molecule has 0 aliphatic heterocycles. The van der Waals surface area contributed by atoms with Crippen molar-refractivity contribution in [2.24, 2.45) is 0 Å². The number of halogens is 2. The van der Waals surface area contributed by atoms with Crippen LogP contribution in [0.5, 0.6) is 0 Å². The molecular weight excluding hydrogens is 507 g/mol. The molecule has 168 valence electrons. The van der Waals surface area contributed by atoms with Crippen molar-refractivity contribution < 1.29 is 9.59 Å². The number of nitrogens with one attached hydrogen (secondary N) is 2. The first-order valence-corrected chi connectivity index (χ1v) is 13.1. The number of carbonyl (C=O) groups excluding carboxylic acids is 2. The minimum absolute atomic E-state index is 0.135. The quantitative estimate of drug-likeness (QED) is 0.301. The standard InChI is InChI=1S/C21H20Cl2N4O2S3/c1-3-17(19(29)25-20-26-21(27-32-20)30-4-2)31-14-7-5-6-13(11-14)24-18(28)15-9-8-12(22)10-16(15)23/h5-11,17H,3-4H2,1-2H3,(H,24,28)(H,25,26,27,29). The molecule has 3 aromatic rings. The van der Waals surface area contributed by atoms with E-state index in [1.165, 1.54) is 41.1 Å². The third-order valence-electron chi connectivity index (χ3n) is 4.12. The van der Waals surface area contributed by atoms with E-state index >= 15 is 0 Å². The van der Waals surface area contributed by atoms with E-state index in [0.29, 0.717) is 33.0 Å². The maximum atomic E-state index is 12.7. The first-order chi connectivity index (χ1) is 15.4. The summed E-state index contributed by atoms with van der Waals surface area (Å²) in [6.45, 7) is 3.97. The van der Waals surface area contributed by atoms with Crippen molar-refractivity contribution in [3.63, 3.8) is 0 Å². The predicted molar refractivity (Wildman–Crippen MR) is 136 cm³/mol. The van der Waals surface area contributed by atoms with Crippen LogP contribution in [-0.4, -0.2) is 32.2 Å². The van der Waals surface area contributed by atoms with Gasteiger partial charge in [-0.05, 0) is 48.6 Å². The van der Waals surface area contributed by atoms with E-state index in [2.05, 4.69) is 20.0 Å². The molecule has 0 aliphatic rings. The van der Waals surface area contributed by atoms with Crippen molar-refractivity contribution in [1.29, 1.82) is 0 Å². The van der Waals surface area contributed by atoms with Gasteiger partial charge in [0.2, 0.25) is 16.2 Å². The Morgan fingerprint density at radius 2 is 1.94 bits per heavy atom. The fourth-order valence-corrected chi connectivity index (χ4v) is 5.42. The Morgan fingerprint density at radius 1 is 1.12 bits per heavy atom. The zero-order valence-electron chi connectivity index (χ0n) is 17.2. The molecule has 6 nitrogen and oxygen atoms in total. The number of hydrogen-bond donors (Lipinski definition) is 2. The van der Waals surface area contributed by atoms with E-state index in [1.807, 2.05) is 32.0 Å². The molecule has 0 saturated carbocycles. The third-order valence-corrected chi connectivity index (χ3v) is 7.50. The Kier molecular flexibility index (Phi) is 9.24. The van der Waals surface area contributed by atoms with Gasteiger partial charge in [0.15, 0.2) is 0 Å². The molecule has 1 unspecified atom stereocenters. The fourth-order valence-electron chi connectivity index (χ4n) is 2.64. The minimum Gasteiger partial charge on any atom is -0.322 e. The van der Waals surface area contributed by atoms with Gasteiger partial charge in [-0.25, -0.2) is 0 Å². The summed E-state index contributed by atoms with van der Waals surface area (Å²) in [4.78, 5) is 30.5.